The summed E-state index contributed by atoms with van der Waals surface area (Å²) in [5.41, 5.74) is -0.353. The fraction of sp³-hybridized carbons (Fsp3) is 0.600. The highest BCUT2D eigenvalue weighted by Gasteiger charge is 2.62. The zero-order chi connectivity index (χ0) is 30.6. The summed E-state index contributed by atoms with van der Waals surface area (Å²) in [5, 5.41) is 23.3. The fourth-order valence-electron chi connectivity index (χ4n) is 7.19. The first-order valence-electron chi connectivity index (χ1n) is 14.9. The van der Waals surface area contributed by atoms with Gasteiger partial charge in [0.15, 0.2) is 6.10 Å². The van der Waals surface area contributed by atoms with Crippen LogP contribution in [-0.4, -0.2) is 74.6 Å². The summed E-state index contributed by atoms with van der Waals surface area (Å²) in [7, 11) is 1.64. The topological polar surface area (TPSA) is 129 Å². The monoisotopic (exact) mass is 602 g/mol. The van der Waals surface area contributed by atoms with Crippen LogP contribution >= 0.6 is 0 Å². The number of rotatable bonds is 7. The minimum atomic E-state index is -4.94. The minimum absolute atomic E-state index is 0.0673. The number of nitrogens with zero attached hydrogens (tertiary/aromatic N) is 3. The fourth-order valence-corrected chi connectivity index (χ4v) is 7.19. The molecule has 1 saturated heterocycles. The Morgan fingerprint density at radius 1 is 1.12 bits per heavy atom. The number of halogens is 3. The number of aliphatic hydroxyl groups is 1. The van der Waals surface area contributed by atoms with Crippen LogP contribution in [0.3, 0.4) is 0 Å². The van der Waals surface area contributed by atoms with Crippen LogP contribution < -0.4 is 16.0 Å². The molecule has 10 nitrogen and oxygen atoms in total. The SMILES string of the molecule is Cn1nccc1C(=O)N[C@H](C(=O)Nc1ccc2c(c1)CC(C(O)C(F)(F)F)(N1CC3(CC3)CNC1=O)C2)C1CCCCC1. The number of carbonyl (C=O) groups excluding carboxylic acids is 3. The van der Waals surface area contributed by atoms with Crippen molar-refractivity contribution in [3.8, 4) is 0 Å². The van der Waals surface area contributed by atoms with Gasteiger partial charge in [-0.1, -0.05) is 25.3 Å². The third kappa shape index (κ3) is 5.59. The molecule has 0 bridgehead atoms. The molecule has 3 atom stereocenters. The number of nitrogens with one attached hydrogen (secondary N) is 3. The molecule has 6 rings (SSSR count). The van der Waals surface area contributed by atoms with Crippen molar-refractivity contribution in [2.24, 2.45) is 18.4 Å². The first kappa shape index (κ1) is 29.5. The molecule has 4 N–H and O–H groups in total. The molecule has 2 heterocycles. The largest absolute Gasteiger partial charge is 0.416 e. The van der Waals surface area contributed by atoms with E-state index in [1.165, 1.54) is 15.8 Å². The number of hydrogen-bond donors (Lipinski definition) is 4. The minimum Gasteiger partial charge on any atom is -0.381 e. The van der Waals surface area contributed by atoms with Gasteiger partial charge in [0.25, 0.3) is 5.91 Å². The smallest absolute Gasteiger partial charge is 0.381 e. The van der Waals surface area contributed by atoms with Gasteiger partial charge >= 0.3 is 12.2 Å². The number of anilines is 1. The Labute approximate surface area is 247 Å². The van der Waals surface area contributed by atoms with Crippen LogP contribution in [0.1, 0.15) is 66.6 Å². The van der Waals surface area contributed by atoms with Crippen molar-refractivity contribution in [1.82, 2.24) is 25.3 Å². The van der Waals surface area contributed by atoms with Crippen molar-refractivity contribution in [3.63, 3.8) is 0 Å². The van der Waals surface area contributed by atoms with Crippen LogP contribution in [-0.2, 0) is 24.7 Å². The van der Waals surface area contributed by atoms with E-state index in [4.69, 9.17) is 0 Å². The molecule has 43 heavy (non-hydrogen) atoms. The van der Waals surface area contributed by atoms with E-state index in [0.717, 1.165) is 44.9 Å². The van der Waals surface area contributed by atoms with E-state index >= 15 is 0 Å². The molecular weight excluding hydrogens is 565 g/mol. The van der Waals surface area contributed by atoms with Crippen molar-refractivity contribution >= 4 is 23.5 Å². The predicted molar refractivity (Wildman–Crippen MR) is 150 cm³/mol. The second-order valence-electron chi connectivity index (χ2n) is 12.8. The molecule has 2 aromatic rings. The van der Waals surface area contributed by atoms with Crippen molar-refractivity contribution in [3.05, 3.63) is 47.3 Å². The summed E-state index contributed by atoms with van der Waals surface area (Å²) in [5.74, 6) is -0.894. The molecule has 2 unspecified atom stereocenters. The molecule has 1 aromatic carbocycles. The van der Waals surface area contributed by atoms with Gasteiger partial charge in [0.1, 0.15) is 11.7 Å². The molecule has 0 radical (unpaired) electrons. The highest BCUT2D eigenvalue weighted by molar-refractivity contribution is 6.00. The van der Waals surface area contributed by atoms with Gasteiger partial charge in [-0.05, 0) is 73.8 Å². The van der Waals surface area contributed by atoms with E-state index < -0.39 is 41.7 Å². The third-order valence-corrected chi connectivity index (χ3v) is 9.88. The Morgan fingerprint density at radius 2 is 1.84 bits per heavy atom. The van der Waals surface area contributed by atoms with Crippen molar-refractivity contribution < 1.29 is 32.7 Å². The maximum Gasteiger partial charge on any atom is 0.416 e. The van der Waals surface area contributed by atoms with Crippen LogP contribution in [0, 0.1) is 11.3 Å². The maximum atomic E-state index is 14.1. The van der Waals surface area contributed by atoms with Gasteiger partial charge in [-0.25, -0.2) is 4.79 Å². The molecule has 1 aliphatic heterocycles. The summed E-state index contributed by atoms with van der Waals surface area (Å²) in [6.45, 7) is 0.575. The summed E-state index contributed by atoms with van der Waals surface area (Å²) >= 11 is 0. The number of aryl methyl sites for hydroxylation is 1. The normalized spacial score (nSPS) is 24.7. The second kappa shape index (κ2) is 10.8. The molecule has 232 valence electrons. The Bertz CT molecular complexity index is 1420. The Balaban J connectivity index is 1.24. The van der Waals surface area contributed by atoms with Gasteiger partial charge in [-0.2, -0.15) is 18.3 Å². The van der Waals surface area contributed by atoms with Crippen LogP contribution in [0.25, 0.3) is 0 Å². The molecule has 3 aliphatic carbocycles. The van der Waals surface area contributed by atoms with Crippen LogP contribution in [0.4, 0.5) is 23.7 Å². The number of aromatic nitrogens is 2. The van der Waals surface area contributed by atoms with Gasteiger partial charge < -0.3 is 26.0 Å². The standard InChI is InChI=1S/C30H37F3N6O4/c1-38-22(9-12-35-38)24(40)37-23(18-5-3-2-4-6-18)25(41)36-21-8-7-19-14-29(15-20(19)13-21,26(42)30(31,32)33)39-17-28(10-11-28)16-34-27(39)43/h7-9,12-13,18,23,26,42H,2-6,10-11,14-17H2,1H3,(H,34,43)(H,36,41)(H,37,40)/t23-,26?,29?/m0/s1. The second-order valence-corrected chi connectivity index (χ2v) is 12.8. The summed E-state index contributed by atoms with van der Waals surface area (Å²) in [6.07, 6.45) is -0.407. The van der Waals surface area contributed by atoms with Crippen molar-refractivity contribution in [1.29, 1.82) is 0 Å². The molecule has 4 aliphatic rings. The molecule has 4 amide bonds. The molecule has 1 aromatic heterocycles. The lowest BCUT2D eigenvalue weighted by Gasteiger charge is -2.48. The Kier molecular flexibility index (Phi) is 7.42. The maximum absolute atomic E-state index is 14.1. The molecule has 13 heteroatoms. The van der Waals surface area contributed by atoms with Gasteiger partial charge in [0, 0.05) is 37.4 Å². The highest BCUT2D eigenvalue weighted by Crippen LogP contribution is 2.51. The van der Waals surface area contributed by atoms with Gasteiger partial charge in [-0.15, -0.1) is 0 Å². The lowest BCUT2D eigenvalue weighted by atomic mass is 9.83. The summed E-state index contributed by atoms with van der Waals surface area (Å²) in [4.78, 5) is 40.8. The summed E-state index contributed by atoms with van der Waals surface area (Å²) in [6, 6.07) is 5.03. The van der Waals surface area contributed by atoms with E-state index in [0.29, 0.717) is 29.1 Å². The number of fused-ring (bicyclic) bond motifs is 1. The van der Waals surface area contributed by atoms with Crippen LogP contribution in [0.15, 0.2) is 30.5 Å². The Hall–Kier alpha value is -3.61. The number of aliphatic hydroxyl groups excluding tert-OH is 1. The first-order valence-corrected chi connectivity index (χ1v) is 14.9. The zero-order valence-electron chi connectivity index (χ0n) is 24.0. The third-order valence-electron chi connectivity index (χ3n) is 9.88. The molecular formula is C30H37F3N6O4. The van der Waals surface area contributed by atoms with Gasteiger partial charge in [0.05, 0.1) is 5.54 Å². The molecule has 1 spiro atoms. The number of carbonyl (C=O) groups is 3. The molecule has 3 fully saturated rings. The van der Waals surface area contributed by atoms with Crippen molar-refractivity contribution in [2.45, 2.75) is 81.6 Å². The highest BCUT2D eigenvalue weighted by atomic mass is 19.4. The van der Waals surface area contributed by atoms with E-state index in [9.17, 15) is 32.7 Å². The van der Waals surface area contributed by atoms with E-state index in [1.807, 2.05) is 0 Å². The number of benzene rings is 1. The lowest BCUT2D eigenvalue weighted by Crippen LogP contribution is -2.69. The van der Waals surface area contributed by atoms with E-state index in [1.54, 1.807) is 31.3 Å². The number of urea groups is 1. The number of hydrogen-bond acceptors (Lipinski definition) is 5. The van der Waals surface area contributed by atoms with Crippen LogP contribution in [0.2, 0.25) is 0 Å². The first-order chi connectivity index (χ1) is 20.4. The van der Waals surface area contributed by atoms with Gasteiger partial charge in [0.2, 0.25) is 5.91 Å². The van der Waals surface area contributed by atoms with E-state index in [2.05, 4.69) is 21.0 Å². The Morgan fingerprint density at radius 3 is 2.49 bits per heavy atom. The number of amides is 4. The van der Waals surface area contributed by atoms with Gasteiger partial charge in [-0.3, -0.25) is 14.3 Å². The predicted octanol–water partition coefficient (Wildman–Crippen LogP) is 3.30. The van der Waals surface area contributed by atoms with Crippen LogP contribution in [0.5, 0.6) is 0 Å². The average Bonchev–Trinajstić information content (AvgIpc) is 3.39. The molecule has 2 saturated carbocycles. The zero-order valence-corrected chi connectivity index (χ0v) is 24.0. The van der Waals surface area contributed by atoms with E-state index in [-0.39, 0.29) is 30.7 Å². The number of alkyl halides is 3. The summed E-state index contributed by atoms with van der Waals surface area (Å²) < 4.78 is 43.7. The lowest BCUT2D eigenvalue weighted by molar-refractivity contribution is -0.238. The van der Waals surface area contributed by atoms with Crippen molar-refractivity contribution in [2.75, 3.05) is 18.4 Å². The quantitative estimate of drug-likeness (QED) is 0.387. The average molecular weight is 603 g/mol.